The van der Waals surface area contributed by atoms with Crippen molar-refractivity contribution in [2.45, 2.75) is 44.2 Å². The Bertz CT molecular complexity index is 222. The second-order valence-corrected chi connectivity index (χ2v) is 4.72. The van der Waals surface area contributed by atoms with Crippen LogP contribution in [-0.4, -0.2) is 29.9 Å². The van der Waals surface area contributed by atoms with Crippen molar-refractivity contribution in [2.24, 2.45) is 0 Å². The van der Waals surface area contributed by atoms with Crippen LogP contribution in [0.1, 0.15) is 32.6 Å². The molecule has 4 heteroatoms. The molecule has 80 valence electrons. The number of ether oxygens (including phenoxy) is 1. The van der Waals surface area contributed by atoms with Gasteiger partial charge in [0, 0.05) is 12.6 Å². The van der Waals surface area contributed by atoms with E-state index in [9.17, 15) is 0 Å². The maximum Gasteiger partial charge on any atom is 0.167 e. The molecule has 3 nitrogen and oxygen atoms in total. The first-order chi connectivity index (χ1) is 6.74. The molecule has 2 N–H and O–H groups in total. The summed E-state index contributed by atoms with van der Waals surface area (Å²) < 4.78 is 5.42. The minimum Gasteiger partial charge on any atom is -0.379 e. The van der Waals surface area contributed by atoms with E-state index in [2.05, 4.69) is 17.6 Å². The van der Waals surface area contributed by atoms with Gasteiger partial charge in [0.25, 0.3) is 0 Å². The predicted molar refractivity (Wildman–Crippen MR) is 60.3 cm³/mol. The van der Waals surface area contributed by atoms with E-state index in [-0.39, 0.29) is 5.54 Å². The minimum atomic E-state index is 0.0962. The summed E-state index contributed by atoms with van der Waals surface area (Å²) in [6.07, 6.45) is 4.66. The maximum absolute atomic E-state index is 5.42. The lowest BCUT2D eigenvalue weighted by molar-refractivity contribution is 0.171. The maximum atomic E-state index is 5.42. The third-order valence-electron chi connectivity index (χ3n) is 3.07. The fourth-order valence-corrected chi connectivity index (χ4v) is 2.15. The Morgan fingerprint density at radius 1 is 1.57 bits per heavy atom. The molecule has 0 spiro atoms. The molecule has 1 saturated heterocycles. The van der Waals surface area contributed by atoms with Gasteiger partial charge >= 0.3 is 0 Å². The molecule has 0 aromatic rings. The first-order valence-electron chi connectivity index (χ1n) is 5.40. The smallest absolute Gasteiger partial charge is 0.167 e. The van der Waals surface area contributed by atoms with E-state index in [0.29, 0.717) is 6.04 Å². The first-order valence-corrected chi connectivity index (χ1v) is 5.81. The highest BCUT2D eigenvalue weighted by molar-refractivity contribution is 7.80. The number of rotatable bonds is 3. The van der Waals surface area contributed by atoms with Gasteiger partial charge in [-0.05, 0) is 37.9 Å². The van der Waals surface area contributed by atoms with Gasteiger partial charge in [0.15, 0.2) is 5.11 Å². The molecule has 0 amide bonds. The van der Waals surface area contributed by atoms with Crippen LogP contribution in [0.5, 0.6) is 0 Å². The quantitative estimate of drug-likeness (QED) is 0.691. The van der Waals surface area contributed by atoms with Crippen LogP contribution in [0.25, 0.3) is 0 Å². The van der Waals surface area contributed by atoms with Crippen molar-refractivity contribution < 1.29 is 4.74 Å². The Morgan fingerprint density at radius 3 is 2.86 bits per heavy atom. The standard InChI is InChI=1S/C10H18N2OS/c1-2-10(5-6-13-7-10)12-9(14)11-8-3-4-8/h8H,2-7H2,1H3,(H2,11,12,14). The largest absolute Gasteiger partial charge is 0.379 e. The average Bonchev–Trinajstić information content (AvgIpc) is 2.83. The van der Waals surface area contributed by atoms with Crippen molar-refractivity contribution in [1.29, 1.82) is 0 Å². The van der Waals surface area contributed by atoms with Crippen LogP contribution in [0.15, 0.2) is 0 Å². The first kappa shape index (κ1) is 10.2. The van der Waals surface area contributed by atoms with Gasteiger partial charge in [-0.3, -0.25) is 0 Å². The van der Waals surface area contributed by atoms with Crippen molar-refractivity contribution >= 4 is 17.3 Å². The number of hydrogen-bond donors (Lipinski definition) is 2. The van der Waals surface area contributed by atoms with E-state index < -0.39 is 0 Å². The van der Waals surface area contributed by atoms with E-state index in [1.165, 1.54) is 12.8 Å². The molecule has 1 aliphatic carbocycles. The molecule has 1 aliphatic heterocycles. The summed E-state index contributed by atoms with van der Waals surface area (Å²) in [6, 6.07) is 0.631. The highest BCUT2D eigenvalue weighted by atomic mass is 32.1. The molecule has 0 radical (unpaired) electrons. The normalized spacial score (nSPS) is 31.5. The molecule has 1 unspecified atom stereocenters. The van der Waals surface area contributed by atoms with Crippen molar-refractivity contribution in [2.75, 3.05) is 13.2 Å². The van der Waals surface area contributed by atoms with Gasteiger partial charge in [0.1, 0.15) is 0 Å². The van der Waals surface area contributed by atoms with E-state index in [0.717, 1.165) is 31.2 Å². The third-order valence-corrected chi connectivity index (χ3v) is 3.29. The number of hydrogen-bond acceptors (Lipinski definition) is 2. The second-order valence-electron chi connectivity index (χ2n) is 4.31. The highest BCUT2D eigenvalue weighted by Gasteiger charge is 2.34. The summed E-state index contributed by atoms with van der Waals surface area (Å²) in [5.74, 6) is 0. The lowest BCUT2D eigenvalue weighted by Gasteiger charge is -2.29. The van der Waals surface area contributed by atoms with Crippen molar-refractivity contribution in [3.05, 3.63) is 0 Å². The van der Waals surface area contributed by atoms with Gasteiger partial charge in [-0.25, -0.2) is 0 Å². The molecule has 1 saturated carbocycles. The molecular weight excluding hydrogens is 196 g/mol. The van der Waals surface area contributed by atoms with Crippen molar-refractivity contribution in [1.82, 2.24) is 10.6 Å². The van der Waals surface area contributed by atoms with Crippen LogP contribution in [0.4, 0.5) is 0 Å². The Kier molecular flexibility index (Phi) is 2.93. The summed E-state index contributed by atoms with van der Waals surface area (Å²) in [7, 11) is 0. The van der Waals surface area contributed by atoms with Gasteiger partial charge < -0.3 is 15.4 Å². The van der Waals surface area contributed by atoms with Gasteiger partial charge in [-0.1, -0.05) is 6.92 Å². The lowest BCUT2D eigenvalue weighted by Crippen LogP contribution is -2.52. The van der Waals surface area contributed by atoms with Crippen molar-refractivity contribution in [3.8, 4) is 0 Å². The average molecular weight is 214 g/mol. The summed E-state index contributed by atoms with van der Waals surface area (Å²) in [4.78, 5) is 0. The summed E-state index contributed by atoms with van der Waals surface area (Å²) in [5.41, 5.74) is 0.0962. The zero-order valence-electron chi connectivity index (χ0n) is 8.64. The Morgan fingerprint density at radius 2 is 2.36 bits per heavy atom. The SMILES string of the molecule is CCC1(NC(=S)NC2CC2)CCOC1. The van der Waals surface area contributed by atoms with E-state index >= 15 is 0 Å². The minimum absolute atomic E-state index is 0.0962. The van der Waals surface area contributed by atoms with Crippen LogP contribution in [0.3, 0.4) is 0 Å². The van der Waals surface area contributed by atoms with E-state index in [4.69, 9.17) is 17.0 Å². The van der Waals surface area contributed by atoms with Crippen molar-refractivity contribution in [3.63, 3.8) is 0 Å². The molecule has 0 aromatic carbocycles. The molecular formula is C10H18N2OS. The van der Waals surface area contributed by atoms with E-state index in [1.807, 2.05) is 0 Å². The summed E-state index contributed by atoms with van der Waals surface area (Å²) >= 11 is 5.27. The molecule has 2 aliphatic rings. The zero-order valence-corrected chi connectivity index (χ0v) is 9.45. The molecule has 0 aromatic heterocycles. The topological polar surface area (TPSA) is 33.3 Å². The fourth-order valence-electron chi connectivity index (χ4n) is 1.76. The van der Waals surface area contributed by atoms with E-state index in [1.54, 1.807) is 0 Å². The van der Waals surface area contributed by atoms with Crippen LogP contribution in [0, 0.1) is 0 Å². The van der Waals surface area contributed by atoms with Crippen LogP contribution in [0.2, 0.25) is 0 Å². The third kappa shape index (κ3) is 2.36. The highest BCUT2D eigenvalue weighted by Crippen LogP contribution is 2.23. The predicted octanol–water partition coefficient (Wildman–Crippen LogP) is 1.18. The van der Waals surface area contributed by atoms with Gasteiger partial charge in [0.2, 0.25) is 0 Å². The number of nitrogens with one attached hydrogen (secondary N) is 2. The fraction of sp³-hybridized carbons (Fsp3) is 0.900. The monoisotopic (exact) mass is 214 g/mol. The van der Waals surface area contributed by atoms with Crippen LogP contribution < -0.4 is 10.6 Å². The molecule has 1 atom stereocenters. The Labute approximate surface area is 90.6 Å². The molecule has 0 bridgehead atoms. The Hall–Kier alpha value is -0.350. The zero-order chi connectivity index (χ0) is 10.0. The second kappa shape index (κ2) is 4.03. The lowest BCUT2D eigenvalue weighted by atomic mass is 9.96. The van der Waals surface area contributed by atoms with Crippen LogP contribution in [-0.2, 0) is 4.74 Å². The number of thiocarbonyl (C=S) groups is 1. The molecule has 2 fully saturated rings. The Balaban J connectivity index is 1.83. The van der Waals surface area contributed by atoms with Gasteiger partial charge in [-0.2, -0.15) is 0 Å². The summed E-state index contributed by atoms with van der Waals surface area (Å²) in [5, 5.41) is 7.52. The molecule has 14 heavy (non-hydrogen) atoms. The summed E-state index contributed by atoms with van der Waals surface area (Å²) in [6.45, 7) is 3.82. The van der Waals surface area contributed by atoms with Crippen LogP contribution >= 0.6 is 12.2 Å². The van der Waals surface area contributed by atoms with Gasteiger partial charge in [0.05, 0.1) is 12.1 Å². The van der Waals surface area contributed by atoms with Gasteiger partial charge in [-0.15, -0.1) is 0 Å². The molecule has 1 heterocycles. The molecule has 2 rings (SSSR count).